The van der Waals surface area contributed by atoms with Gasteiger partial charge in [-0.15, -0.1) is 17.0 Å². The molecule has 0 aliphatic carbocycles. The van der Waals surface area contributed by atoms with Gasteiger partial charge in [-0.3, -0.25) is 0 Å². The molecule has 0 aliphatic rings. The van der Waals surface area contributed by atoms with Crippen LogP contribution in [0.15, 0.2) is 30.3 Å². The molecule has 1 atom stereocenters. The number of hydrogen-bond donors (Lipinski definition) is 0. The fourth-order valence-corrected chi connectivity index (χ4v) is 2.06. The molecule has 1 aromatic rings. The quantitative estimate of drug-likeness (QED) is 0.468. The predicted molar refractivity (Wildman–Crippen MR) is 65.4 cm³/mol. The first-order chi connectivity index (χ1) is 7.25. The van der Waals surface area contributed by atoms with Crippen molar-refractivity contribution in [1.29, 1.82) is 0 Å². The van der Waals surface area contributed by atoms with E-state index in [9.17, 15) is 4.79 Å². The summed E-state index contributed by atoms with van der Waals surface area (Å²) in [6.07, 6.45) is 2.01. The minimum atomic E-state index is -0.0744. The molecule has 1 rings (SSSR count). The van der Waals surface area contributed by atoms with Crippen molar-refractivity contribution in [3.05, 3.63) is 35.9 Å². The van der Waals surface area contributed by atoms with Gasteiger partial charge in [0.25, 0.3) is 0 Å². The fraction of sp³-hybridized carbons (Fsp3) is 0.417. The van der Waals surface area contributed by atoms with Gasteiger partial charge in [0.1, 0.15) is 0 Å². The zero-order valence-electron chi connectivity index (χ0n) is 9.52. The molecule has 1 unspecified atom stereocenters. The van der Waals surface area contributed by atoms with Crippen LogP contribution in [-0.2, 0) is 27.8 Å². The first-order valence-corrected chi connectivity index (χ1v) is 7.01. The van der Waals surface area contributed by atoms with Gasteiger partial charge in [0.15, 0.2) is 0 Å². The Balaban J connectivity index is 0.00000225. The number of carbonyl (C=O) groups excluding carboxylic acids is 1. The molecule has 16 heavy (non-hydrogen) atoms. The molecular formula is C12H16BrO2Zn. The summed E-state index contributed by atoms with van der Waals surface area (Å²) in [7, 11) is 0. The summed E-state index contributed by atoms with van der Waals surface area (Å²) < 4.78 is 5.15. The fourth-order valence-electron chi connectivity index (χ4n) is 1.24. The number of carbonyl (C=O) groups is 1. The molecule has 2 nitrogen and oxygen atoms in total. The molecule has 0 radical (unpaired) electrons. The molecule has 4 heteroatoms. The molecule has 85 valence electrons. The van der Waals surface area contributed by atoms with Gasteiger partial charge in [0, 0.05) is 0 Å². The molecule has 0 amide bonds. The molecule has 0 aromatic heterocycles. The maximum atomic E-state index is 11.6. The van der Waals surface area contributed by atoms with E-state index in [-0.39, 0.29) is 27.5 Å². The van der Waals surface area contributed by atoms with E-state index in [4.69, 9.17) is 4.74 Å². The number of esters is 1. The molecule has 0 aliphatic heterocycles. The third-order valence-corrected chi connectivity index (χ3v) is 3.92. The number of unbranched alkanes of at least 4 members (excludes halogenated alkanes) is 1. The third-order valence-electron chi connectivity index (χ3n) is 2.23. The van der Waals surface area contributed by atoms with Gasteiger partial charge in [-0.1, -0.05) is 0 Å². The van der Waals surface area contributed by atoms with Crippen LogP contribution in [0.2, 0.25) is 0 Å². The van der Waals surface area contributed by atoms with Crippen molar-refractivity contribution < 1.29 is 27.8 Å². The Morgan fingerprint density at radius 3 is 2.56 bits per heavy atom. The molecule has 0 heterocycles. The summed E-state index contributed by atoms with van der Waals surface area (Å²) in [6.45, 7) is 2.64. The minimum absolute atomic E-state index is 0. The van der Waals surface area contributed by atoms with E-state index < -0.39 is 0 Å². The van der Waals surface area contributed by atoms with Crippen LogP contribution in [0.4, 0.5) is 0 Å². The van der Waals surface area contributed by atoms with E-state index in [0.29, 0.717) is 6.61 Å². The molecular weight excluding hydrogens is 321 g/mol. The zero-order valence-corrected chi connectivity index (χ0v) is 14.2. The summed E-state index contributed by atoms with van der Waals surface area (Å²) in [5.41, 5.74) is 1.07. The van der Waals surface area contributed by atoms with Crippen molar-refractivity contribution in [2.75, 3.05) is 6.61 Å². The van der Waals surface area contributed by atoms with Crippen molar-refractivity contribution in [2.24, 2.45) is 0 Å². The van der Waals surface area contributed by atoms with Gasteiger partial charge >= 0.3 is 101 Å². The van der Waals surface area contributed by atoms with Crippen LogP contribution in [0.3, 0.4) is 0 Å². The third kappa shape index (κ3) is 5.22. The standard InChI is InChI=1S/C12H15O2.BrH.Zn/c1-2-3-9-14-12(13)10-11-7-5-4-6-8-11;;/h4-8,10H,2-3,9H2,1H3;1H;. The van der Waals surface area contributed by atoms with Crippen LogP contribution in [0.25, 0.3) is 0 Å². The van der Waals surface area contributed by atoms with Gasteiger partial charge in [0.05, 0.1) is 0 Å². The molecule has 0 N–H and O–H groups in total. The van der Waals surface area contributed by atoms with Crippen LogP contribution in [0, 0.1) is 0 Å². The van der Waals surface area contributed by atoms with Crippen LogP contribution in [-0.4, -0.2) is 12.6 Å². The van der Waals surface area contributed by atoms with Crippen LogP contribution < -0.4 is 0 Å². The molecule has 0 saturated heterocycles. The van der Waals surface area contributed by atoms with E-state index in [0.717, 1.165) is 36.7 Å². The van der Waals surface area contributed by atoms with Crippen LogP contribution >= 0.6 is 17.0 Å². The molecule has 1 aromatic carbocycles. The maximum absolute atomic E-state index is 11.6. The van der Waals surface area contributed by atoms with E-state index >= 15 is 0 Å². The van der Waals surface area contributed by atoms with E-state index in [1.54, 1.807) is 0 Å². The zero-order chi connectivity index (χ0) is 11.1. The summed E-state index contributed by atoms with van der Waals surface area (Å²) in [5, 5.41) is 0. The number of ether oxygens (including phenoxy) is 1. The van der Waals surface area contributed by atoms with Crippen molar-refractivity contribution in [3.8, 4) is 0 Å². The number of halogens is 1. The van der Waals surface area contributed by atoms with Gasteiger partial charge in [-0.05, 0) is 0 Å². The Morgan fingerprint density at radius 1 is 1.38 bits per heavy atom. The predicted octanol–water partition coefficient (Wildman–Crippen LogP) is 3.20. The average molecular weight is 338 g/mol. The second-order valence-electron chi connectivity index (χ2n) is 3.48. The monoisotopic (exact) mass is 335 g/mol. The number of benzene rings is 1. The van der Waals surface area contributed by atoms with Crippen molar-refractivity contribution in [3.63, 3.8) is 0 Å². The molecule has 0 fully saturated rings. The Hall–Kier alpha value is -0.207. The first-order valence-electron chi connectivity index (χ1n) is 5.30. The summed E-state index contributed by atoms with van der Waals surface area (Å²) in [6, 6.07) is 9.83. The Labute approximate surface area is 117 Å². The van der Waals surface area contributed by atoms with E-state index in [2.05, 4.69) is 6.92 Å². The van der Waals surface area contributed by atoms with Crippen LogP contribution in [0.5, 0.6) is 0 Å². The Bertz CT molecular complexity index is 303. The van der Waals surface area contributed by atoms with Crippen molar-refractivity contribution in [2.45, 2.75) is 24.3 Å². The summed E-state index contributed by atoms with van der Waals surface area (Å²) in [5.74, 6) is -0.0744. The Kier molecular flexibility index (Phi) is 8.77. The number of hydrogen-bond acceptors (Lipinski definition) is 2. The second-order valence-corrected chi connectivity index (χ2v) is 5.20. The van der Waals surface area contributed by atoms with Gasteiger partial charge < -0.3 is 0 Å². The van der Waals surface area contributed by atoms with E-state index in [1.165, 1.54) is 0 Å². The van der Waals surface area contributed by atoms with Crippen molar-refractivity contribution in [1.82, 2.24) is 0 Å². The average Bonchev–Trinajstić information content (AvgIpc) is 2.29. The molecule has 0 spiro atoms. The second kappa shape index (κ2) is 8.89. The molecule has 0 saturated carbocycles. The van der Waals surface area contributed by atoms with Gasteiger partial charge in [-0.25, -0.2) is 0 Å². The topological polar surface area (TPSA) is 26.3 Å². The Morgan fingerprint density at radius 2 is 2.00 bits per heavy atom. The van der Waals surface area contributed by atoms with Crippen molar-refractivity contribution >= 4 is 23.0 Å². The summed E-state index contributed by atoms with van der Waals surface area (Å²) in [4.78, 5) is 11.6. The summed E-state index contributed by atoms with van der Waals surface area (Å²) >= 11 is 0.912. The van der Waals surface area contributed by atoms with Gasteiger partial charge in [0.2, 0.25) is 0 Å². The SMILES string of the molecule is Br.CCCCOC(=O)[CH]([Zn])c1ccccc1. The normalized spacial score (nSPS) is 11.4. The molecule has 0 bridgehead atoms. The van der Waals surface area contributed by atoms with Crippen LogP contribution in [0.1, 0.15) is 29.8 Å². The van der Waals surface area contributed by atoms with E-state index in [1.807, 2.05) is 30.3 Å². The van der Waals surface area contributed by atoms with Gasteiger partial charge in [-0.2, -0.15) is 0 Å². The first kappa shape index (κ1) is 15.8. The number of rotatable bonds is 5.